The maximum Gasteiger partial charge on any atom is 0.148 e. The van der Waals surface area contributed by atoms with Crippen LogP contribution in [0, 0.1) is 17.5 Å². The molecule has 0 unspecified atom stereocenters. The number of halogens is 4. The first-order chi connectivity index (χ1) is 7.59. The van der Waals surface area contributed by atoms with E-state index in [0.29, 0.717) is 5.56 Å². The Morgan fingerprint density at radius 3 is 2.38 bits per heavy atom. The Hall–Kier alpha value is -1.29. The van der Waals surface area contributed by atoms with Gasteiger partial charge in [0.2, 0.25) is 0 Å². The topological polar surface area (TPSA) is 0 Å². The molecule has 0 amide bonds. The molecule has 0 aliphatic carbocycles. The number of rotatable bonds is 1. The van der Waals surface area contributed by atoms with E-state index in [9.17, 15) is 13.2 Å². The number of benzene rings is 2. The molecule has 0 aliphatic heterocycles. The van der Waals surface area contributed by atoms with Crippen molar-refractivity contribution in [2.45, 2.75) is 0 Å². The fraction of sp³-hybridized carbons (Fsp3) is 0. The van der Waals surface area contributed by atoms with Crippen LogP contribution in [0.5, 0.6) is 0 Å². The van der Waals surface area contributed by atoms with Crippen LogP contribution in [0.15, 0.2) is 40.9 Å². The number of hydrogen-bond acceptors (Lipinski definition) is 0. The number of hydrogen-bond donors (Lipinski definition) is 0. The van der Waals surface area contributed by atoms with Gasteiger partial charge < -0.3 is 0 Å². The summed E-state index contributed by atoms with van der Waals surface area (Å²) >= 11 is 2.80. The predicted molar refractivity (Wildman–Crippen MR) is 59.5 cm³/mol. The molecule has 0 saturated carbocycles. The van der Waals surface area contributed by atoms with E-state index in [4.69, 9.17) is 0 Å². The van der Waals surface area contributed by atoms with E-state index in [1.54, 1.807) is 6.07 Å². The monoisotopic (exact) mass is 286 g/mol. The molecule has 0 N–H and O–H groups in total. The molecule has 0 aliphatic rings. The molecule has 2 rings (SSSR count). The maximum absolute atomic E-state index is 13.7. The van der Waals surface area contributed by atoms with Crippen molar-refractivity contribution < 1.29 is 13.2 Å². The van der Waals surface area contributed by atoms with E-state index < -0.39 is 17.5 Å². The average Bonchev–Trinajstić information content (AvgIpc) is 2.26. The molecule has 4 heteroatoms. The lowest BCUT2D eigenvalue weighted by Gasteiger charge is -2.05. The minimum absolute atomic E-state index is 0.160. The van der Waals surface area contributed by atoms with Gasteiger partial charge in [-0.15, -0.1) is 0 Å². The average molecular weight is 287 g/mol. The quantitative estimate of drug-likeness (QED) is 0.676. The molecule has 0 aromatic heterocycles. The van der Waals surface area contributed by atoms with Crippen LogP contribution in [0.3, 0.4) is 0 Å². The summed E-state index contributed by atoms with van der Waals surface area (Å²) in [6.07, 6.45) is 0. The normalized spacial score (nSPS) is 10.5. The Labute approximate surface area is 98.9 Å². The van der Waals surface area contributed by atoms with Crippen molar-refractivity contribution in [2.75, 3.05) is 0 Å². The largest absolute Gasteiger partial charge is 0.207 e. The fourth-order valence-corrected chi connectivity index (χ4v) is 1.75. The molecule has 0 spiro atoms. The van der Waals surface area contributed by atoms with Gasteiger partial charge in [0.15, 0.2) is 0 Å². The van der Waals surface area contributed by atoms with Gasteiger partial charge >= 0.3 is 0 Å². The van der Waals surface area contributed by atoms with Crippen LogP contribution in [-0.2, 0) is 0 Å². The molecule has 2 aromatic carbocycles. The van der Waals surface area contributed by atoms with Gasteiger partial charge in [-0.05, 0) is 45.8 Å². The molecule has 0 heterocycles. The van der Waals surface area contributed by atoms with Crippen molar-refractivity contribution in [2.24, 2.45) is 0 Å². The Kier molecular flexibility index (Phi) is 3.01. The summed E-state index contributed by atoms with van der Waals surface area (Å²) in [5.41, 5.74) is 0.533. The van der Waals surface area contributed by atoms with Gasteiger partial charge in [-0.3, -0.25) is 0 Å². The van der Waals surface area contributed by atoms with Crippen molar-refractivity contribution in [1.82, 2.24) is 0 Å². The predicted octanol–water partition coefficient (Wildman–Crippen LogP) is 4.53. The summed E-state index contributed by atoms with van der Waals surface area (Å²) < 4.78 is 39.4. The summed E-state index contributed by atoms with van der Waals surface area (Å²) in [4.78, 5) is 0. The fourth-order valence-electron chi connectivity index (χ4n) is 1.40. The summed E-state index contributed by atoms with van der Waals surface area (Å²) in [6, 6.07) is 7.91. The first kappa shape index (κ1) is 11.2. The van der Waals surface area contributed by atoms with E-state index in [2.05, 4.69) is 15.9 Å². The molecule has 0 radical (unpaired) electrons. The van der Waals surface area contributed by atoms with Gasteiger partial charge in [0.05, 0.1) is 4.47 Å². The Morgan fingerprint density at radius 2 is 1.69 bits per heavy atom. The zero-order chi connectivity index (χ0) is 11.7. The smallest absolute Gasteiger partial charge is 0.148 e. The molecule has 0 saturated heterocycles. The Morgan fingerprint density at radius 1 is 0.938 bits per heavy atom. The molecular formula is C12H6BrF3. The minimum atomic E-state index is -0.731. The zero-order valence-corrected chi connectivity index (χ0v) is 9.56. The first-order valence-electron chi connectivity index (χ1n) is 4.49. The van der Waals surface area contributed by atoms with Crippen molar-refractivity contribution in [3.8, 4) is 11.1 Å². The second-order valence-corrected chi connectivity index (χ2v) is 4.03. The lowest BCUT2D eigenvalue weighted by molar-refractivity contribution is 0.574. The second kappa shape index (κ2) is 4.29. The zero-order valence-electron chi connectivity index (χ0n) is 7.98. The highest BCUT2D eigenvalue weighted by Crippen LogP contribution is 2.30. The maximum atomic E-state index is 13.7. The third kappa shape index (κ3) is 1.97. The van der Waals surface area contributed by atoms with Crippen molar-refractivity contribution in [3.05, 3.63) is 58.3 Å². The summed E-state index contributed by atoms with van der Waals surface area (Å²) in [7, 11) is 0. The van der Waals surface area contributed by atoms with Gasteiger partial charge in [0, 0.05) is 5.56 Å². The standard InChI is InChI=1S/C12H6BrF3/c13-11-10(15)5-4-9(12(11)16)7-2-1-3-8(14)6-7/h1-6H. The van der Waals surface area contributed by atoms with E-state index in [0.717, 1.165) is 6.07 Å². The lowest BCUT2D eigenvalue weighted by Crippen LogP contribution is -1.90. The Bertz CT molecular complexity index is 538. The van der Waals surface area contributed by atoms with E-state index >= 15 is 0 Å². The third-order valence-electron chi connectivity index (χ3n) is 2.17. The molecule has 2 aromatic rings. The Balaban J connectivity index is 2.61. The minimum Gasteiger partial charge on any atom is -0.207 e. The van der Waals surface area contributed by atoms with Crippen molar-refractivity contribution in [3.63, 3.8) is 0 Å². The van der Waals surface area contributed by atoms with Gasteiger partial charge in [-0.1, -0.05) is 12.1 Å². The third-order valence-corrected chi connectivity index (χ3v) is 2.90. The second-order valence-electron chi connectivity index (χ2n) is 3.23. The van der Waals surface area contributed by atoms with Gasteiger partial charge in [0.25, 0.3) is 0 Å². The van der Waals surface area contributed by atoms with Gasteiger partial charge in [-0.25, -0.2) is 13.2 Å². The van der Waals surface area contributed by atoms with Crippen LogP contribution in [0.2, 0.25) is 0 Å². The highest BCUT2D eigenvalue weighted by molar-refractivity contribution is 9.10. The molecule has 0 bridgehead atoms. The van der Waals surface area contributed by atoms with Crippen LogP contribution in [0.25, 0.3) is 11.1 Å². The van der Waals surface area contributed by atoms with Crippen LogP contribution in [0.4, 0.5) is 13.2 Å². The van der Waals surface area contributed by atoms with Crippen LogP contribution < -0.4 is 0 Å². The van der Waals surface area contributed by atoms with Gasteiger partial charge in [-0.2, -0.15) is 0 Å². The first-order valence-corrected chi connectivity index (χ1v) is 5.28. The molecule has 0 fully saturated rings. The SMILES string of the molecule is Fc1cccc(-c2ccc(F)c(Br)c2F)c1. The molecule has 16 heavy (non-hydrogen) atoms. The van der Waals surface area contributed by atoms with E-state index in [1.165, 1.54) is 24.3 Å². The highest BCUT2D eigenvalue weighted by atomic mass is 79.9. The highest BCUT2D eigenvalue weighted by Gasteiger charge is 2.12. The molecule has 0 atom stereocenters. The van der Waals surface area contributed by atoms with Crippen molar-refractivity contribution >= 4 is 15.9 Å². The molecular weight excluding hydrogens is 281 g/mol. The van der Waals surface area contributed by atoms with Crippen molar-refractivity contribution in [1.29, 1.82) is 0 Å². The van der Waals surface area contributed by atoms with Crippen LogP contribution >= 0.6 is 15.9 Å². The molecule has 0 nitrogen and oxygen atoms in total. The summed E-state index contributed by atoms with van der Waals surface area (Å²) in [6.45, 7) is 0. The lowest BCUT2D eigenvalue weighted by atomic mass is 10.1. The van der Waals surface area contributed by atoms with Crippen LogP contribution in [-0.4, -0.2) is 0 Å². The van der Waals surface area contributed by atoms with E-state index in [1.807, 2.05) is 0 Å². The van der Waals surface area contributed by atoms with Gasteiger partial charge in [0.1, 0.15) is 17.5 Å². The summed E-state index contributed by atoms with van der Waals surface area (Å²) in [5.74, 6) is -1.87. The molecule has 82 valence electrons. The van der Waals surface area contributed by atoms with Crippen LogP contribution in [0.1, 0.15) is 0 Å². The van der Waals surface area contributed by atoms with E-state index in [-0.39, 0.29) is 10.0 Å². The summed E-state index contributed by atoms with van der Waals surface area (Å²) in [5, 5.41) is 0.